The van der Waals surface area contributed by atoms with E-state index < -0.39 is 5.82 Å². The number of benzene rings is 2. The molecule has 0 fully saturated rings. The largest absolute Gasteiger partial charge is 0.355 e. The fourth-order valence-electron chi connectivity index (χ4n) is 3.26. The molecule has 144 valence electrons. The quantitative estimate of drug-likeness (QED) is 0.847. The third-order valence-electron chi connectivity index (χ3n) is 4.62. The Balaban J connectivity index is 2.42. The van der Waals surface area contributed by atoms with Gasteiger partial charge in [0.05, 0.1) is 0 Å². The van der Waals surface area contributed by atoms with Crippen molar-refractivity contribution in [2.45, 2.75) is 46.7 Å². The number of amides is 2. The maximum Gasteiger partial charge on any atom is 0.254 e. The zero-order valence-electron chi connectivity index (χ0n) is 16.8. The summed E-state index contributed by atoms with van der Waals surface area (Å²) in [5.41, 5.74) is 2.71. The third kappa shape index (κ3) is 4.35. The number of halogens is 1. The SMILES string of the molecule is CNC(=O)c1cc(F)c(C)c(-c2ccc(C(=O)N(C(C)C)C(C)C)cc2)c1. The minimum Gasteiger partial charge on any atom is -0.355 e. The summed E-state index contributed by atoms with van der Waals surface area (Å²) in [5.74, 6) is -0.808. The second-order valence-corrected chi connectivity index (χ2v) is 7.19. The average Bonchev–Trinajstić information content (AvgIpc) is 2.62. The lowest BCUT2D eigenvalue weighted by atomic mass is 9.96. The van der Waals surface area contributed by atoms with Crippen molar-refractivity contribution in [3.63, 3.8) is 0 Å². The predicted molar refractivity (Wildman–Crippen MR) is 106 cm³/mol. The van der Waals surface area contributed by atoms with Crippen molar-refractivity contribution in [1.82, 2.24) is 10.2 Å². The lowest BCUT2D eigenvalue weighted by Crippen LogP contribution is -2.42. The van der Waals surface area contributed by atoms with Crippen LogP contribution in [0.2, 0.25) is 0 Å². The summed E-state index contributed by atoms with van der Waals surface area (Å²) in [6.45, 7) is 9.63. The lowest BCUT2D eigenvalue weighted by molar-refractivity contribution is 0.0643. The number of nitrogens with zero attached hydrogens (tertiary/aromatic N) is 1. The maximum atomic E-state index is 14.3. The van der Waals surface area contributed by atoms with Crippen LogP contribution >= 0.6 is 0 Å². The molecule has 1 N–H and O–H groups in total. The zero-order valence-corrected chi connectivity index (χ0v) is 16.8. The zero-order chi connectivity index (χ0) is 20.3. The minimum absolute atomic E-state index is 0.0337. The Kier molecular flexibility index (Phi) is 6.37. The van der Waals surface area contributed by atoms with Crippen LogP contribution < -0.4 is 5.32 Å². The Bertz CT molecular complexity index is 834. The highest BCUT2D eigenvalue weighted by Crippen LogP contribution is 2.28. The molecule has 27 heavy (non-hydrogen) atoms. The first-order chi connectivity index (χ1) is 12.7. The first kappa shape index (κ1) is 20.6. The van der Waals surface area contributed by atoms with Crippen LogP contribution in [-0.2, 0) is 0 Å². The molecule has 0 spiro atoms. The molecule has 0 bridgehead atoms. The molecular formula is C22H27FN2O2. The average molecular weight is 370 g/mol. The van der Waals surface area contributed by atoms with E-state index in [-0.39, 0.29) is 29.5 Å². The van der Waals surface area contributed by atoms with Gasteiger partial charge in [-0.1, -0.05) is 12.1 Å². The summed E-state index contributed by atoms with van der Waals surface area (Å²) in [7, 11) is 1.51. The molecular weight excluding hydrogens is 343 g/mol. The van der Waals surface area contributed by atoms with E-state index in [1.54, 1.807) is 37.3 Å². The monoisotopic (exact) mass is 370 g/mol. The van der Waals surface area contributed by atoms with Crippen LogP contribution in [0.1, 0.15) is 54.0 Å². The van der Waals surface area contributed by atoms with E-state index in [1.165, 1.54) is 13.1 Å². The Morgan fingerprint density at radius 1 is 0.963 bits per heavy atom. The molecule has 0 aliphatic carbocycles. The maximum absolute atomic E-state index is 14.3. The molecule has 0 saturated carbocycles. The number of rotatable bonds is 5. The fraction of sp³-hybridized carbons (Fsp3) is 0.364. The summed E-state index contributed by atoms with van der Waals surface area (Å²) in [5, 5.41) is 2.51. The van der Waals surface area contributed by atoms with Gasteiger partial charge in [0.25, 0.3) is 11.8 Å². The van der Waals surface area contributed by atoms with Crippen molar-refractivity contribution in [2.24, 2.45) is 0 Å². The van der Waals surface area contributed by atoms with Gasteiger partial charge >= 0.3 is 0 Å². The smallest absolute Gasteiger partial charge is 0.254 e. The van der Waals surface area contributed by atoms with Crippen LogP contribution in [-0.4, -0.2) is 35.8 Å². The lowest BCUT2D eigenvalue weighted by Gasteiger charge is -2.30. The highest BCUT2D eigenvalue weighted by atomic mass is 19.1. The van der Waals surface area contributed by atoms with Gasteiger partial charge in [-0.2, -0.15) is 0 Å². The van der Waals surface area contributed by atoms with E-state index in [0.717, 1.165) is 5.56 Å². The van der Waals surface area contributed by atoms with Gasteiger partial charge in [-0.3, -0.25) is 9.59 Å². The summed E-state index contributed by atoms with van der Waals surface area (Å²) in [6.07, 6.45) is 0. The molecule has 0 atom stereocenters. The van der Waals surface area contributed by atoms with Crippen molar-refractivity contribution < 1.29 is 14.0 Å². The Morgan fingerprint density at radius 3 is 2.00 bits per heavy atom. The highest BCUT2D eigenvalue weighted by molar-refractivity contribution is 5.96. The number of hydrogen-bond donors (Lipinski definition) is 1. The number of carbonyl (C=O) groups excluding carboxylic acids is 2. The molecule has 0 aliphatic rings. The molecule has 5 heteroatoms. The summed E-state index contributed by atoms with van der Waals surface area (Å²) < 4.78 is 14.3. The van der Waals surface area contributed by atoms with Crippen LogP contribution in [0, 0.1) is 12.7 Å². The van der Waals surface area contributed by atoms with E-state index in [4.69, 9.17) is 0 Å². The predicted octanol–water partition coefficient (Wildman–Crippen LogP) is 4.42. The first-order valence-corrected chi connectivity index (χ1v) is 9.12. The minimum atomic E-state index is -0.433. The van der Waals surface area contributed by atoms with E-state index in [9.17, 15) is 14.0 Å². The normalized spacial score (nSPS) is 11.0. The highest BCUT2D eigenvalue weighted by Gasteiger charge is 2.21. The van der Waals surface area contributed by atoms with Crippen molar-refractivity contribution in [1.29, 1.82) is 0 Å². The van der Waals surface area contributed by atoms with Crippen LogP contribution in [0.25, 0.3) is 11.1 Å². The number of carbonyl (C=O) groups is 2. The molecule has 2 rings (SSSR count). The molecule has 2 amide bonds. The standard InChI is InChI=1S/C22H27FN2O2/c1-13(2)25(14(3)4)22(27)17-9-7-16(8-10-17)19-11-18(21(26)24-6)12-20(23)15(19)5/h7-14H,1-6H3,(H,24,26). The van der Waals surface area contributed by atoms with Gasteiger partial charge in [-0.05, 0) is 75.6 Å². The summed E-state index contributed by atoms with van der Waals surface area (Å²) in [6, 6.07) is 10.2. The van der Waals surface area contributed by atoms with E-state index >= 15 is 0 Å². The Morgan fingerprint density at radius 2 is 1.52 bits per heavy atom. The van der Waals surface area contributed by atoms with Crippen LogP contribution in [0.5, 0.6) is 0 Å². The molecule has 0 unspecified atom stereocenters. The first-order valence-electron chi connectivity index (χ1n) is 9.12. The van der Waals surface area contributed by atoms with E-state index in [2.05, 4.69) is 5.32 Å². The second kappa shape index (κ2) is 8.33. The molecule has 2 aromatic rings. The van der Waals surface area contributed by atoms with Crippen LogP contribution in [0.3, 0.4) is 0 Å². The molecule has 0 saturated heterocycles. The van der Waals surface area contributed by atoms with E-state index in [0.29, 0.717) is 16.7 Å². The summed E-state index contributed by atoms with van der Waals surface area (Å²) in [4.78, 5) is 26.5. The molecule has 0 radical (unpaired) electrons. The van der Waals surface area contributed by atoms with Crippen LogP contribution in [0.15, 0.2) is 36.4 Å². The number of nitrogens with one attached hydrogen (secondary N) is 1. The molecule has 0 aromatic heterocycles. The van der Waals surface area contributed by atoms with Crippen molar-refractivity contribution in [2.75, 3.05) is 7.05 Å². The van der Waals surface area contributed by atoms with Crippen molar-refractivity contribution in [3.8, 4) is 11.1 Å². The number of hydrogen-bond acceptors (Lipinski definition) is 2. The second-order valence-electron chi connectivity index (χ2n) is 7.19. The van der Waals surface area contributed by atoms with E-state index in [1.807, 2.05) is 32.6 Å². The summed E-state index contributed by atoms with van der Waals surface area (Å²) >= 11 is 0. The van der Waals surface area contributed by atoms with Gasteiger partial charge in [0.2, 0.25) is 0 Å². The molecule has 2 aromatic carbocycles. The van der Waals surface area contributed by atoms with Crippen molar-refractivity contribution in [3.05, 3.63) is 58.9 Å². The molecule has 0 aliphatic heterocycles. The Labute approximate surface area is 160 Å². The van der Waals surface area contributed by atoms with Gasteiger partial charge < -0.3 is 10.2 Å². The van der Waals surface area contributed by atoms with Gasteiger partial charge in [-0.15, -0.1) is 0 Å². The van der Waals surface area contributed by atoms with Crippen LogP contribution in [0.4, 0.5) is 4.39 Å². The van der Waals surface area contributed by atoms with Gasteiger partial charge in [0.1, 0.15) is 5.82 Å². The van der Waals surface area contributed by atoms with Gasteiger partial charge in [0.15, 0.2) is 0 Å². The van der Waals surface area contributed by atoms with Gasteiger partial charge in [0, 0.05) is 30.3 Å². The van der Waals surface area contributed by atoms with Gasteiger partial charge in [-0.25, -0.2) is 4.39 Å². The Hall–Kier alpha value is -2.69. The molecule has 4 nitrogen and oxygen atoms in total. The molecule has 0 heterocycles. The fourth-order valence-corrected chi connectivity index (χ4v) is 3.26. The topological polar surface area (TPSA) is 49.4 Å². The van der Waals surface area contributed by atoms with Crippen molar-refractivity contribution >= 4 is 11.8 Å². The third-order valence-corrected chi connectivity index (χ3v) is 4.62.